The van der Waals surface area contributed by atoms with E-state index in [1.54, 1.807) is 19.2 Å². The number of carbonyl (C=O) groups is 1. The summed E-state index contributed by atoms with van der Waals surface area (Å²) in [7, 11) is 1.60. The van der Waals surface area contributed by atoms with Crippen LogP contribution in [0, 0.1) is 17.2 Å². The van der Waals surface area contributed by atoms with Crippen molar-refractivity contribution >= 4 is 5.97 Å². The van der Waals surface area contributed by atoms with Crippen molar-refractivity contribution in [2.24, 2.45) is 11.3 Å². The van der Waals surface area contributed by atoms with Gasteiger partial charge in [-0.2, -0.15) is 0 Å². The fraction of sp³-hybridized carbons (Fsp3) is 0.472. The number of fused-ring (bicyclic) bond motifs is 2. The molecule has 0 radical (unpaired) electrons. The maximum Gasteiger partial charge on any atom is 0.309 e. The topological polar surface area (TPSA) is 44.8 Å². The zero-order chi connectivity index (χ0) is 29.2. The number of ether oxygens (including phenoxy) is 3. The summed E-state index contributed by atoms with van der Waals surface area (Å²) in [5.41, 5.74) is 6.04. The van der Waals surface area contributed by atoms with Gasteiger partial charge in [0.05, 0.1) is 19.6 Å². The number of benzene rings is 3. The molecule has 3 aromatic rings. The van der Waals surface area contributed by atoms with Crippen LogP contribution in [0.5, 0.6) is 11.5 Å². The predicted molar refractivity (Wildman–Crippen MR) is 161 cm³/mol. The van der Waals surface area contributed by atoms with E-state index in [0.717, 1.165) is 67.4 Å². The summed E-state index contributed by atoms with van der Waals surface area (Å²) in [4.78, 5) is 12.8. The van der Waals surface area contributed by atoms with Crippen molar-refractivity contribution < 1.29 is 23.4 Å². The second-order valence-electron chi connectivity index (χ2n) is 13.0. The lowest BCUT2D eigenvalue weighted by Gasteiger charge is -2.22. The van der Waals surface area contributed by atoms with E-state index in [-0.39, 0.29) is 28.5 Å². The van der Waals surface area contributed by atoms with Crippen molar-refractivity contribution in [1.82, 2.24) is 0 Å². The minimum absolute atomic E-state index is 0.0236. The van der Waals surface area contributed by atoms with Gasteiger partial charge in [-0.25, -0.2) is 4.39 Å². The molecule has 3 aromatic carbocycles. The number of hydrogen-bond acceptors (Lipinski definition) is 4. The highest BCUT2D eigenvalue weighted by Gasteiger charge is 2.62. The largest absolute Gasteiger partial charge is 0.497 e. The normalized spacial score (nSPS) is 19.2. The Morgan fingerprint density at radius 1 is 1.00 bits per heavy atom. The maximum atomic E-state index is 14.9. The number of rotatable bonds is 11. The molecule has 1 spiro atoms. The fourth-order valence-corrected chi connectivity index (χ4v) is 6.35. The lowest BCUT2D eigenvalue weighted by molar-refractivity contribution is -0.145. The van der Waals surface area contributed by atoms with Crippen LogP contribution < -0.4 is 9.47 Å². The molecule has 41 heavy (non-hydrogen) atoms. The Morgan fingerprint density at radius 2 is 1.80 bits per heavy atom. The van der Waals surface area contributed by atoms with E-state index in [0.29, 0.717) is 24.5 Å². The first kappa shape index (κ1) is 29.2. The molecule has 0 heterocycles. The third-order valence-electron chi connectivity index (χ3n) is 8.57. The minimum atomic E-state index is -0.264. The van der Waals surface area contributed by atoms with Crippen LogP contribution >= 0.6 is 0 Å². The zero-order valence-electron chi connectivity index (χ0n) is 25.1. The van der Waals surface area contributed by atoms with Crippen LogP contribution in [0.4, 0.5) is 4.39 Å². The van der Waals surface area contributed by atoms with Crippen LogP contribution in [0.25, 0.3) is 11.1 Å². The van der Waals surface area contributed by atoms with E-state index in [9.17, 15) is 9.18 Å². The molecule has 0 aliphatic heterocycles. The molecule has 1 fully saturated rings. The standard InChI is InChI=1S/C36H43FO4/c1-6-7-8-17-40-34(38)32-22-36(32)16-15-25-10-11-28(20-31(25)36)41-23-24-9-13-29(26(18-24)21-35(2,3)4)30-19-27(39-5)12-14-33(30)37/h9-14,18-20,32H,6-8,15-17,21-23H2,1-5H3. The lowest BCUT2D eigenvalue weighted by Crippen LogP contribution is -2.16. The molecule has 5 rings (SSSR count). The Labute approximate surface area is 244 Å². The molecule has 2 aliphatic rings. The van der Waals surface area contributed by atoms with E-state index < -0.39 is 0 Å². The Morgan fingerprint density at radius 3 is 2.56 bits per heavy atom. The average Bonchev–Trinajstić information content (AvgIpc) is 3.58. The van der Waals surface area contributed by atoms with Crippen molar-refractivity contribution in [1.29, 1.82) is 0 Å². The highest BCUT2D eigenvalue weighted by molar-refractivity contribution is 5.80. The number of esters is 1. The van der Waals surface area contributed by atoms with Gasteiger partial charge in [0.25, 0.3) is 0 Å². The van der Waals surface area contributed by atoms with Gasteiger partial charge in [0.2, 0.25) is 0 Å². The summed E-state index contributed by atoms with van der Waals surface area (Å²) in [5, 5.41) is 0. The Bertz CT molecular complexity index is 1410. The number of halogens is 1. The lowest BCUT2D eigenvalue weighted by atomic mass is 9.84. The molecule has 0 saturated heterocycles. The molecule has 2 aliphatic carbocycles. The second kappa shape index (κ2) is 11.9. The van der Waals surface area contributed by atoms with Crippen LogP contribution in [0.1, 0.15) is 82.1 Å². The summed E-state index contributed by atoms with van der Waals surface area (Å²) >= 11 is 0. The number of hydrogen-bond donors (Lipinski definition) is 0. The number of carbonyl (C=O) groups excluding carboxylic acids is 1. The third-order valence-corrected chi connectivity index (χ3v) is 8.57. The van der Waals surface area contributed by atoms with E-state index in [1.165, 1.54) is 17.2 Å². The number of aryl methyl sites for hydroxylation is 1. The highest BCUT2D eigenvalue weighted by Crippen LogP contribution is 2.62. The molecule has 5 heteroatoms. The van der Waals surface area contributed by atoms with Gasteiger partial charge in [0, 0.05) is 11.0 Å². The molecule has 0 N–H and O–H groups in total. The smallest absolute Gasteiger partial charge is 0.309 e. The van der Waals surface area contributed by atoms with Gasteiger partial charge < -0.3 is 14.2 Å². The Hall–Kier alpha value is -3.34. The Balaban J connectivity index is 1.32. The van der Waals surface area contributed by atoms with Crippen LogP contribution in [0.15, 0.2) is 54.6 Å². The molecule has 2 unspecified atom stereocenters. The van der Waals surface area contributed by atoms with Crippen LogP contribution in [-0.2, 0) is 34.4 Å². The van der Waals surface area contributed by atoms with Crippen molar-refractivity contribution in [3.05, 3.63) is 82.7 Å². The Kier molecular flexibility index (Phi) is 8.45. The summed E-state index contributed by atoms with van der Waals surface area (Å²) in [6.07, 6.45) is 6.80. The first-order valence-corrected chi connectivity index (χ1v) is 15.0. The maximum absolute atomic E-state index is 14.9. The monoisotopic (exact) mass is 558 g/mol. The molecule has 2 atom stereocenters. The summed E-state index contributed by atoms with van der Waals surface area (Å²) < 4.78 is 32.2. The zero-order valence-corrected chi connectivity index (χ0v) is 25.1. The fourth-order valence-electron chi connectivity index (χ4n) is 6.35. The molecule has 218 valence electrons. The SMILES string of the molecule is CCCCCOC(=O)C1CC12CCc1ccc(OCc3ccc(-c4cc(OC)ccc4F)c(CC(C)(C)C)c3)cc12. The molecule has 0 bridgehead atoms. The summed E-state index contributed by atoms with van der Waals surface area (Å²) in [6, 6.07) is 17.4. The minimum Gasteiger partial charge on any atom is -0.497 e. The van der Waals surface area contributed by atoms with E-state index in [1.807, 2.05) is 18.2 Å². The number of methoxy groups -OCH3 is 1. The van der Waals surface area contributed by atoms with Crippen molar-refractivity contribution in [3.63, 3.8) is 0 Å². The summed E-state index contributed by atoms with van der Waals surface area (Å²) in [6.45, 7) is 9.65. The molecule has 0 amide bonds. The van der Waals surface area contributed by atoms with E-state index in [2.05, 4.69) is 45.9 Å². The predicted octanol–water partition coefficient (Wildman–Crippen LogP) is 8.61. The van der Waals surface area contributed by atoms with Gasteiger partial charge in [-0.3, -0.25) is 4.79 Å². The third kappa shape index (κ3) is 6.45. The molecule has 0 aromatic heterocycles. The van der Waals surface area contributed by atoms with Crippen molar-refractivity contribution in [2.45, 2.75) is 84.7 Å². The van der Waals surface area contributed by atoms with Gasteiger partial charge in [0.15, 0.2) is 0 Å². The van der Waals surface area contributed by atoms with Crippen molar-refractivity contribution in [3.8, 4) is 22.6 Å². The van der Waals surface area contributed by atoms with Gasteiger partial charge in [-0.05, 0) is 95.7 Å². The molecular formula is C36H43FO4. The first-order chi connectivity index (χ1) is 19.6. The van der Waals surface area contributed by atoms with Gasteiger partial charge in [-0.15, -0.1) is 0 Å². The molecule has 4 nitrogen and oxygen atoms in total. The molecular weight excluding hydrogens is 515 g/mol. The van der Waals surface area contributed by atoms with E-state index in [4.69, 9.17) is 14.2 Å². The molecule has 1 saturated carbocycles. The summed E-state index contributed by atoms with van der Waals surface area (Å²) in [5.74, 6) is 1.10. The van der Waals surface area contributed by atoms with Crippen LogP contribution in [0.2, 0.25) is 0 Å². The highest BCUT2D eigenvalue weighted by atomic mass is 19.1. The average molecular weight is 559 g/mol. The quantitative estimate of drug-likeness (QED) is 0.175. The van der Waals surface area contributed by atoms with Gasteiger partial charge in [0.1, 0.15) is 23.9 Å². The second-order valence-corrected chi connectivity index (χ2v) is 13.0. The van der Waals surface area contributed by atoms with Crippen LogP contribution in [-0.4, -0.2) is 19.7 Å². The van der Waals surface area contributed by atoms with Crippen LogP contribution in [0.3, 0.4) is 0 Å². The van der Waals surface area contributed by atoms with E-state index >= 15 is 0 Å². The number of unbranched alkanes of at least 4 members (excludes halogenated alkanes) is 2. The van der Waals surface area contributed by atoms with Gasteiger partial charge >= 0.3 is 5.97 Å². The van der Waals surface area contributed by atoms with Crippen molar-refractivity contribution in [2.75, 3.05) is 13.7 Å². The first-order valence-electron chi connectivity index (χ1n) is 15.0. The van der Waals surface area contributed by atoms with Gasteiger partial charge in [-0.1, -0.05) is 64.8 Å².